The molecule has 0 saturated heterocycles. The molecule has 0 saturated carbocycles. The molecule has 0 amide bonds. The lowest BCUT2D eigenvalue weighted by Crippen LogP contribution is -1.98. The molecule has 0 fully saturated rings. The second-order valence-electron chi connectivity index (χ2n) is 2.34. The fraction of sp³-hybridized carbons (Fsp3) is 0. The van der Waals surface area contributed by atoms with E-state index in [0.29, 0.717) is 11.3 Å². The minimum absolute atomic E-state index is 0.528. The second-order valence-corrected chi connectivity index (χ2v) is 2.34. The van der Waals surface area contributed by atoms with E-state index >= 15 is 0 Å². The first-order valence-electron chi connectivity index (χ1n) is 3.61. The average Bonchev–Trinajstić information content (AvgIpc) is 2.70. The molecule has 0 aliphatic heterocycles. The lowest BCUT2D eigenvalue weighted by Gasteiger charge is -1.99. The largest absolute Gasteiger partial charge is 0.262 e. The maximum absolute atomic E-state index is 8.78. The molecule has 0 spiro atoms. The van der Waals surface area contributed by atoms with Gasteiger partial charge in [0.15, 0.2) is 0 Å². The molecule has 2 heterocycles. The monoisotopic (exact) mass is 171 g/mol. The summed E-state index contributed by atoms with van der Waals surface area (Å²) in [6.07, 6.45) is 6.08. The van der Waals surface area contributed by atoms with Crippen LogP contribution in [-0.2, 0) is 0 Å². The number of hydrogen-bond donors (Lipinski definition) is 0. The van der Waals surface area contributed by atoms with Crippen molar-refractivity contribution in [2.75, 3.05) is 0 Å². The van der Waals surface area contributed by atoms with Crippen molar-refractivity contribution in [1.29, 1.82) is 5.26 Å². The minimum atomic E-state index is 0.528. The maximum atomic E-state index is 8.78. The number of aromatic nitrogens is 4. The first kappa shape index (κ1) is 7.43. The van der Waals surface area contributed by atoms with Gasteiger partial charge in [0.2, 0.25) is 0 Å². The van der Waals surface area contributed by atoms with Gasteiger partial charge in [-0.25, -0.2) is 9.67 Å². The highest BCUT2D eigenvalue weighted by Crippen LogP contribution is 2.08. The van der Waals surface area contributed by atoms with Crippen molar-refractivity contribution in [3.05, 3.63) is 36.7 Å². The van der Waals surface area contributed by atoms with E-state index in [1.807, 2.05) is 0 Å². The van der Waals surface area contributed by atoms with Crippen LogP contribution in [0.15, 0.2) is 31.1 Å². The molecule has 0 N–H and O–H groups in total. The van der Waals surface area contributed by atoms with Crippen molar-refractivity contribution in [3.63, 3.8) is 0 Å². The Morgan fingerprint density at radius 3 is 3.00 bits per heavy atom. The van der Waals surface area contributed by atoms with Gasteiger partial charge in [-0.15, -0.1) is 0 Å². The quantitative estimate of drug-likeness (QED) is 0.627. The van der Waals surface area contributed by atoms with Gasteiger partial charge >= 0.3 is 0 Å². The summed E-state index contributed by atoms with van der Waals surface area (Å²) in [7, 11) is 0. The lowest BCUT2D eigenvalue weighted by molar-refractivity contribution is 0.869. The summed E-state index contributed by atoms with van der Waals surface area (Å²) in [4.78, 5) is 7.70. The summed E-state index contributed by atoms with van der Waals surface area (Å²) in [6.45, 7) is 0. The van der Waals surface area contributed by atoms with E-state index in [4.69, 9.17) is 5.26 Å². The van der Waals surface area contributed by atoms with Crippen molar-refractivity contribution in [2.24, 2.45) is 0 Å². The predicted octanol–water partition coefficient (Wildman–Crippen LogP) is 0.534. The van der Waals surface area contributed by atoms with E-state index in [1.54, 1.807) is 18.5 Å². The Labute approximate surface area is 74.3 Å². The van der Waals surface area contributed by atoms with Crippen LogP contribution >= 0.6 is 0 Å². The summed E-state index contributed by atoms with van der Waals surface area (Å²) >= 11 is 0. The minimum Gasteiger partial charge on any atom is -0.262 e. The molecule has 0 radical (unpaired) electrons. The number of nitriles is 1. The highest BCUT2D eigenvalue weighted by Gasteiger charge is 2.02. The molecule has 0 aliphatic rings. The van der Waals surface area contributed by atoms with E-state index in [9.17, 15) is 0 Å². The lowest BCUT2D eigenvalue weighted by atomic mass is 10.2. The first-order chi connectivity index (χ1) is 6.42. The second kappa shape index (κ2) is 3.03. The zero-order valence-corrected chi connectivity index (χ0v) is 6.62. The van der Waals surface area contributed by atoms with Crippen LogP contribution < -0.4 is 0 Å². The van der Waals surface area contributed by atoms with Crippen LogP contribution in [0.25, 0.3) is 5.69 Å². The Hall–Kier alpha value is -2.22. The van der Waals surface area contributed by atoms with Crippen molar-refractivity contribution < 1.29 is 0 Å². The molecule has 0 unspecified atom stereocenters. The Kier molecular flexibility index (Phi) is 1.73. The number of pyridine rings is 1. The van der Waals surface area contributed by atoms with E-state index < -0.39 is 0 Å². The van der Waals surface area contributed by atoms with Crippen molar-refractivity contribution in [3.8, 4) is 11.8 Å². The Balaban J connectivity index is 2.59. The number of hydrogen-bond acceptors (Lipinski definition) is 4. The summed E-state index contributed by atoms with van der Waals surface area (Å²) in [5.41, 5.74) is 1.17. The van der Waals surface area contributed by atoms with Crippen LogP contribution in [0.3, 0.4) is 0 Å². The predicted molar refractivity (Wildman–Crippen MR) is 43.9 cm³/mol. The standard InChI is InChI=1S/C8H5N5/c9-3-7-1-2-10-4-8(7)13-6-11-5-12-13/h1-2,4-6H. The van der Waals surface area contributed by atoms with Gasteiger partial charge in [-0.2, -0.15) is 10.4 Å². The highest BCUT2D eigenvalue weighted by atomic mass is 15.3. The van der Waals surface area contributed by atoms with Gasteiger partial charge in [0.05, 0.1) is 11.8 Å². The summed E-state index contributed by atoms with van der Waals surface area (Å²) in [6, 6.07) is 3.69. The molecule has 13 heavy (non-hydrogen) atoms. The van der Waals surface area contributed by atoms with Crippen LogP contribution in [-0.4, -0.2) is 19.7 Å². The maximum Gasteiger partial charge on any atom is 0.138 e. The first-order valence-corrected chi connectivity index (χ1v) is 3.61. The van der Waals surface area contributed by atoms with E-state index in [-0.39, 0.29) is 0 Å². The molecule has 0 aliphatic carbocycles. The number of nitrogens with zero attached hydrogens (tertiary/aromatic N) is 5. The zero-order valence-electron chi connectivity index (χ0n) is 6.62. The molecule has 5 nitrogen and oxygen atoms in total. The molecular formula is C8H5N5. The van der Waals surface area contributed by atoms with Gasteiger partial charge in [-0.1, -0.05) is 0 Å². The topological polar surface area (TPSA) is 67.4 Å². The Morgan fingerprint density at radius 2 is 2.31 bits per heavy atom. The van der Waals surface area contributed by atoms with E-state index in [0.717, 1.165) is 0 Å². The third-order valence-corrected chi connectivity index (χ3v) is 1.59. The molecule has 2 rings (SSSR count). The fourth-order valence-corrected chi connectivity index (χ4v) is 0.996. The Morgan fingerprint density at radius 1 is 1.38 bits per heavy atom. The van der Waals surface area contributed by atoms with Crippen molar-refractivity contribution in [2.45, 2.75) is 0 Å². The SMILES string of the molecule is N#Cc1ccncc1-n1cncn1. The average molecular weight is 171 g/mol. The summed E-state index contributed by atoms with van der Waals surface area (Å²) < 4.78 is 1.51. The van der Waals surface area contributed by atoms with Crippen LogP contribution in [0.1, 0.15) is 5.56 Å². The molecule has 5 heteroatoms. The smallest absolute Gasteiger partial charge is 0.138 e. The third-order valence-electron chi connectivity index (χ3n) is 1.59. The van der Waals surface area contributed by atoms with Crippen molar-refractivity contribution >= 4 is 0 Å². The van der Waals surface area contributed by atoms with Crippen molar-refractivity contribution in [1.82, 2.24) is 19.7 Å². The van der Waals surface area contributed by atoms with Crippen LogP contribution in [0.4, 0.5) is 0 Å². The molecule has 0 bridgehead atoms. The zero-order chi connectivity index (χ0) is 9.10. The highest BCUT2D eigenvalue weighted by molar-refractivity contribution is 5.45. The molecular weight excluding hydrogens is 166 g/mol. The van der Waals surface area contributed by atoms with Gasteiger partial charge in [0.1, 0.15) is 24.4 Å². The van der Waals surface area contributed by atoms with E-state index in [1.165, 1.54) is 17.3 Å². The van der Waals surface area contributed by atoms with Crippen LogP contribution in [0.2, 0.25) is 0 Å². The van der Waals surface area contributed by atoms with Gasteiger partial charge < -0.3 is 0 Å². The van der Waals surface area contributed by atoms with Crippen LogP contribution in [0, 0.1) is 11.3 Å². The molecule has 0 atom stereocenters. The number of rotatable bonds is 1. The third kappa shape index (κ3) is 1.25. The molecule has 0 aromatic carbocycles. The molecule has 2 aromatic rings. The van der Waals surface area contributed by atoms with Gasteiger partial charge in [-0.3, -0.25) is 4.98 Å². The Bertz CT molecular complexity index is 440. The normalized spacial score (nSPS) is 9.46. The summed E-state index contributed by atoms with van der Waals surface area (Å²) in [5, 5.41) is 12.7. The summed E-state index contributed by atoms with van der Waals surface area (Å²) in [5.74, 6) is 0. The van der Waals surface area contributed by atoms with E-state index in [2.05, 4.69) is 21.1 Å². The van der Waals surface area contributed by atoms with Gasteiger partial charge in [-0.05, 0) is 6.07 Å². The fourth-order valence-electron chi connectivity index (χ4n) is 0.996. The molecule has 2 aromatic heterocycles. The van der Waals surface area contributed by atoms with Crippen LogP contribution in [0.5, 0.6) is 0 Å². The van der Waals surface area contributed by atoms with Gasteiger partial charge in [0.25, 0.3) is 0 Å². The molecule has 62 valence electrons. The van der Waals surface area contributed by atoms with Gasteiger partial charge in [0, 0.05) is 6.20 Å².